The zero-order valence-electron chi connectivity index (χ0n) is 23.1. The molecule has 206 valence electrons. The number of rotatable bonds is 9. The Morgan fingerprint density at radius 1 is 0.875 bits per heavy atom. The van der Waals surface area contributed by atoms with Gasteiger partial charge in [0.05, 0.1) is 13.2 Å². The van der Waals surface area contributed by atoms with Crippen molar-refractivity contribution in [2.45, 2.75) is 45.2 Å². The smallest absolute Gasteiger partial charge is 0.319 e. The van der Waals surface area contributed by atoms with Gasteiger partial charge in [0.15, 0.2) is 0 Å². The van der Waals surface area contributed by atoms with Crippen molar-refractivity contribution >= 4 is 45.4 Å². The summed E-state index contributed by atoms with van der Waals surface area (Å²) in [6, 6.07) is 32.2. The molecule has 4 aromatic carbocycles. The molecule has 0 saturated carbocycles. The van der Waals surface area contributed by atoms with Gasteiger partial charge in [-0.15, -0.1) is 0 Å². The van der Waals surface area contributed by atoms with E-state index in [2.05, 4.69) is 102 Å². The first-order valence-electron chi connectivity index (χ1n) is 13.6. The van der Waals surface area contributed by atoms with Crippen molar-refractivity contribution in [3.05, 3.63) is 119 Å². The second-order valence-electron chi connectivity index (χ2n) is 11.1. The molecule has 0 aliphatic rings. The third-order valence-electron chi connectivity index (χ3n) is 7.43. The van der Waals surface area contributed by atoms with Crippen molar-refractivity contribution in [2.75, 3.05) is 6.61 Å². The summed E-state index contributed by atoms with van der Waals surface area (Å²) in [4.78, 5) is 0. The van der Waals surface area contributed by atoms with E-state index in [1.807, 2.05) is 28.9 Å². The predicted octanol–water partition coefficient (Wildman–Crippen LogP) is 6.65. The molecule has 1 heterocycles. The second kappa shape index (κ2) is 11.7. The maximum Gasteiger partial charge on any atom is 0.319 e. The lowest BCUT2D eigenvalue weighted by molar-refractivity contribution is 0.267. The number of hydrogen-bond acceptors (Lipinski definition) is 3. The summed E-state index contributed by atoms with van der Waals surface area (Å²) in [5.41, 5.74) is 2.08. The Hall–Kier alpha value is -3.26. The van der Waals surface area contributed by atoms with Gasteiger partial charge < -0.3 is 9.53 Å². The Bertz CT molecular complexity index is 1560. The Morgan fingerprint density at radius 3 is 2.12 bits per heavy atom. The average Bonchev–Trinajstić information content (AvgIpc) is 3.29. The van der Waals surface area contributed by atoms with Gasteiger partial charge in [-0.3, -0.25) is 4.68 Å². The maximum absolute atomic E-state index is 14.5. The Balaban J connectivity index is 1.65. The molecule has 0 aliphatic carbocycles. The predicted molar refractivity (Wildman–Crippen MR) is 167 cm³/mol. The highest BCUT2D eigenvalue weighted by atomic mass is 79.9. The van der Waals surface area contributed by atoms with E-state index in [0.717, 1.165) is 38.8 Å². The Labute approximate surface area is 244 Å². The molecule has 1 N–H and O–H groups in total. The summed E-state index contributed by atoms with van der Waals surface area (Å²) >= 11 is 3.46. The molecule has 0 unspecified atom stereocenters. The van der Waals surface area contributed by atoms with Gasteiger partial charge in [0.2, 0.25) is 0 Å². The fourth-order valence-electron chi connectivity index (χ4n) is 5.59. The molecule has 7 heteroatoms. The van der Waals surface area contributed by atoms with Gasteiger partial charge in [-0.1, -0.05) is 87.5 Å². The molecule has 1 aromatic heterocycles. The molecule has 0 aliphatic heterocycles. The van der Waals surface area contributed by atoms with E-state index in [4.69, 9.17) is 4.43 Å². The van der Waals surface area contributed by atoms with E-state index >= 15 is 0 Å². The highest BCUT2D eigenvalue weighted by molar-refractivity contribution is 9.10. The molecule has 0 bridgehead atoms. The average molecular weight is 618 g/mol. The van der Waals surface area contributed by atoms with Crippen LogP contribution in [0.5, 0.6) is 5.75 Å². The minimum atomic E-state index is -2.89. The topological polar surface area (TPSA) is 47.3 Å². The molecule has 0 radical (unpaired) electrons. The van der Waals surface area contributed by atoms with Crippen molar-refractivity contribution in [1.82, 2.24) is 9.78 Å². The molecule has 0 amide bonds. The molecule has 0 saturated heterocycles. The van der Waals surface area contributed by atoms with Gasteiger partial charge in [0.1, 0.15) is 16.2 Å². The maximum atomic E-state index is 14.5. The van der Waals surface area contributed by atoms with Gasteiger partial charge in [0.25, 0.3) is 0 Å². The summed E-state index contributed by atoms with van der Waals surface area (Å²) in [5, 5.41) is 17.8. The SMILES string of the molecule is CC(C)(C)[Si](Oc1cc(CCc2cc(Br)nn2CCO)cc2cc(F)ccc12)(c1ccccc1)c1ccccc1. The van der Waals surface area contributed by atoms with Crippen LogP contribution >= 0.6 is 15.9 Å². The fourth-order valence-corrected chi connectivity index (χ4v) is 10.5. The minimum absolute atomic E-state index is 0.0207. The van der Waals surface area contributed by atoms with Crippen LogP contribution in [0.4, 0.5) is 4.39 Å². The van der Waals surface area contributed by atoms with E-state index in [0.29, 0.717) is 13.0 Å². The zero-order valence-corrected chi connectivity index (χ0v) is 25.7. The fraction of sp³-hybridized carbons (Fsp3) is 0.242. The molecule has 5 aromatic rings. The van der Waals surface area contributed by atoms with Gasteiger partial charge >= 0.3 is 8.32 Å². The number of aryl methyl sites for hydroxylation is 2. The van der Waals surface area contributed by atoms with Gasteiger partial charge in [-0.05, 0) is 85.5 Å². The summed E-state index contributed by atoms with van der Waals surface area (Å²) < 4.78 is 24.5. The van der Waals surface area contributed by atoms with Gasteiger partial charge in [-0.2, -0.15) is 5.10 Å². The monoisotopic (exact) mass is 616 g/mol. The number of aliphatic hydroxyl groups is 1. The summed E-state index contributed by atoms with van der Waals surface area (Å²) in [6.07, 6.45) is 1.44. The number of fused-ring (bicyclic) bond motifs is 1. The van der Waals surface area contributed by atoms with E-state index in [9.17, 15) is 9.50 Å². The highest BCUT2D eigenvalue weighted by Crippen LogP contribution is 2.40. The minimum Gasteiger partial charge on any atom is -0.534 e. The number of hydrogen-bond donors (Lipinski definition) is 1. The van der Waals surface area contributed by atoms with Crippen LogP contribution in [-0.2, 0) is 19.4 Å². The van der Waals surface area contributed by atoms with E-state index in [1.165, 1.54) is 16.4 Å². The quantitative estimate of drug-likeness (QED) is 0.189. The van der Waals surface area contributed by atoms with Crippen LogP contribution in [-0.4, -0.2) is 29.8 Å². The molecule has 0 fully saturated rings. The van der Waals surface area contributed by atoms with Crippen molar-refractivity contribution in [1.29, 1.82) is 0 Å². The van der Waals surface area contributed by atoms with Crippen LogP contribution in [0.25, 0.3) is 10.8 Å². The highest BCUT2D eigenvalue weighted by Gasteiger charge is 2.52. The standard InChI is InChI=1S/C33H34BrFN2O2Si/c1-33(2,3)40(28-10-6-4-7-11-28,29-12-8-5-9-13-29)39-31-21-24(20-25-22-26(35)15-17-30(25)31)14-16-27-23-32(34)36-37(27)18-19-38/h4-13,15,17,20-23,38H,14,16,18-19H2,1-3H3. The summed E-state index contributed by atoms with van der Waals surface area (Å²) in [7, 11) is -2.89. The first-order valence-corrected chi connectivity index (χ1v) is 16.3. The van der Waals surface area contributed by atoms with Crippen molar-refractivity contribution in [3.63, 3.8) is 0 Å². The van der Waals surface area contributed by atoms with Crippen molar-refractivity contribution in [2.24, 2.45) is 0 Å². The number of nitrogens with zero attached hydrogens (tertiary/aromatic N) is 2. The first-order chi connectivity index (χ1) is 19.2. The third kappa shape index (κ3) is 5.64. The van der Waals surface area contributed by atoms with E-state index in [-0.39, 0.29) is 17.5 Å². The molecule has 40 heavy (non-hydrogen) atoms. The third-order valence-corrected chi connectivity index (χ3v) is 12.8. The number of aliphatic hydroxyl groups excluding tert-OH is 1. The largest absolute Gasteiger partial charge is 0.534 e. The molecule has 0 spiro atoms. The number of benzene rings is 4. The Morgan fingerprint density at radius 2 is 1.52 bits per heavy atom. The van der Waals surface area contributed by atoms with Crippen LogP contribution in [0.2, 0.25) is 5.04 Å². The van der Waals surface area contributed by atoms with Crippen LogP contribution in [0.3, 0.4) is 0 Å². The summed E-state index contributed by atoms with van der Waals surface area (Å²) in [5.74, 6) is 0.498. The lowest BCUT2D eigenvalue weighted by Gasteiger charge is -2.43. The van der Waals surface area contributed by atoms with Crippen LogP contribution in [0.15, 0.2) is 102 Å². The molecule has 5 rings (SSSR count). The normalized spacial score (nSPS) is 12.2. The lowest BCUT2D eigenvalue weighted by Crippen LogP contribution is -2.68. The van der Waals surface area contributed by atoms with Crippen molar-refractivity contribution < 1.29 is 13.9 Å². The number of aromatic nitrogens is 2. The summed E-state index contributed by atoms with van der Waals surface area (Å²) in [6.45, 7) is 7.22. The van der Waals surface area contributed by atoms with E-state index < -0.39 is 8.32 Å². The van der Waals surface area contributed by atoms with Crippen LogP contribution in [0.1, 0.15) is 32.0 Å². The molecular weight excluding hydrogens is 583 g/mol. The van der Waals surface area contributed by atoms with Crippen LogP contribution in [0, 0.1) is 5.82 Å². The van der Waals surface area contributed by atoms with Crippen molar-refractivity contribution in [3.8, 4) is 5.75 Å². The first kappa shape index (κ1) is 28.3. The van der Waals surface area contributed by atoms with Gasteiger partial charge in [0, 0.05) is 11.1 Å². The van der Waals surface area contributed by atoms with Crippen LogP contribution < -0.4 is 14.8 Å². The molecule has 4 nitrogen and oxygen atoms in total. The number of halogens is 2. The second-order valence-corrected chi connectivity index (χ2v) is 16.2. The Kier molecular flexibility index (Phi) is 8.26. The van der Waals surface area contributed by atoms with Gasteiger partial charge in [-0.25, -0.2) is 4.39 Å². The lowest BCUT2D eigenvalue weighted by atomic mass is 10.0. The van der Waals surface area contributed by atoms with E-state index in [1.54, 1.807) is 6.07 Å². The molecule has 0 atom stereocenters. The zero-order chi connectivity index (χ0) is 28.3. The molecular formula is C33H34BrFN2O2Si.